The van der Waals surface area contributed by atoms with Crippen molar-refractivity contribution >= 4 is 18.0 Å². The van der Waals surface area contributed by atoms with Crippen molar-refractivity contribution in [1.29, 1.82) is 0 Å². The first kappa shape index (κ1) is 17.3. The van der Waals surface area contributed by atoms with Crippen LogP contribution < -0.4 is 5.32 Å². The monoisotopic (exact) mass is 300 g/mol. The normalized spacial score (nSPS) is 20.1. The third-order valence-electron chi connectivity index (χ3n) is 3.24. The molecule has 0 saturated carbocycles. The second-order valence-corrected chi connectivity index (χ2v) is 6.20. The number of hydrogen-bond acceptors (Lipinski definition) is 5. The number of ether oxygens (including phenoxy) is 2. The van der Waals surface area contributed by atoms with Crippen LogP contribution in [0, 0.1) is 5.92 Å². The molecule has 2 atom stereocenters. The van der Waals surface area contributed by atoms with E-state index < -0.39 is 23.7 Å². The summed E-state index contributed by atoms with van der Waals surface area (Å²) in [7, 11) is 2.96. The predicted molar refractivity (Wildman–Crippen MR) is 75.5 cm³/mol. The molecule has 0 aromatic heterocycles. The molecule has 120 valence electrons. The Morgan fingerprint density at radius 2 is 2.05 bits per heavy atom. The maximum absolute atomic E-state index is 11.9. The van der Waals surface area contributed by atoms with Crippen molar-refractivity contribution in [2.24, 2.45) is 5.92 Å². The molecule has 1 N–H and O–H groups in total. The van der Waals surface area contributed by atoms with Gasteiger partial charge in [0.2, 0.25) is 5.91 Å². The molecule has 0 aromatic carbocycles. The van der Waals surface area contributed by atoms with Gasteiger partial charge < -0.3 is 19.7 Å². The van der Waals surface area contributed by atoms with Crippen LogP contribution in [0.1, 0.15) is 33.6 Å². The van der Waals surface area contributed by atoms with E-state index in [-0.39, 0.29) is 18.2 Å². The summed E-state index contributed by atoms with van der Waals surface area (Å²) < 4.78 is 9.80. The number of carbonyl (C=O) groups is 3. The van der Waals surface area contributed by atoms with Crippen molar-refractivity contribution in [2.45, 2.75) is 45.3 Å². The van der Waals surface area contributed by atoms with Crippen LogP contribution >= 0.6 is 0 Å². The topological polar surface area (TPSA) is 84.9 Å². The number of methoxy groups -OCH3 is 1. The van der Waals surface area contributed by atoms with Gasteiger partial charge in [-0.15, -0.1) is 0 Å². The molecule has 1 rings (SSSR count). The van der Waals surface area contributed by atoms with E-state index in [9.17, 15) is 14.4 Å². The minimum absolute atomic E-state index is 0.0186. The highest BCUT2D eigenvalue weighted by Crippen LogP contribution is 2.22. The molecular weight excluding hydrogens is 276 g/mol. The first-order valence-corrected chi connectivity index (χ1v) is 6.96. The Labute approximate surface area is 124 Å². The summed E-state index contributed by atoms with van der Waals surface area (Å²) in [6, 6.07) is -0.884. The first-order chi connectivity index (χ1) is 9.64. The maximum Gasteiger partial charge on any atom is 0.408 e. The molecule has 1 aliphatic heterocycles. The van der Waals surface area contributed by atoms with Crippen LogP contribution in [-0.4, -0.2) is 55.2 Å². The number of rotatable bonds is 4. The van der Waals surface area contributed by atoms with E-state index in [0.29, 0.717) is 13.0 Å². The van der Waals surface area contributed by atoms with Gasteiger partial charge in [-0.25, -0.2) is 9.59 Å². The van der Waals surface area contributed by atoms with Gasteiger partial charge >= 0.3 is 12.1 Å². The van der Waals surface area contributed by atoms with Crippen LogP contribution in [0.15, 0.2) is 0 Å². The van der Waals surface area contributed by atoms with Gasteiger partial charge in [0.25, 0.3) is 0 Å². The van der Waals surface area contributed by atoms with Gasteiger partial charge in [-0.05, 0) is 33.6 Å². The molecule has 2 amide bonds. The van der Waals surface area contributed by atoms with E-state index in [1.165, 1.54) is 7.11 Å². The molecule has 7 heteroatoms. The molecule has 0 aromatic rings. The van der Waals surface area contributed by atoms with E-state index in [4.69, 9.17) is 4.74 Å². The third-order valence-corrected chi connectivity index (χ3v) is 3.24. The lowest BCUT2D eigenvalue weighted by Gasteiger charge is -2.23. The summed E-state index contributed by atoms with van der Waals surface area (Å²) in [6.45, 7) is 5.85. The molecule has 1 saturated heterocycles. The summed E-state index contributed by atoms with van der Waals surface area (Å²) in [6.07, 6.45) is 0.185. The zero-order valence-electron chi connectivity index (χ0n) is 13.3. The highest BCUT2D eigenvalue weighted by Gasteiger charge is 2.35. The number of nitrogens with one attached hydrogen (secondary N) is 1. The fourth-order valence-electron chi connectivity index (χ4n) is 2.20. The molecule has 21 heavy (non-hydrogen) atoms. The Morgan fingerprint density at radius 3 is 2.48 bits per heavy atom. The van der Waals surface area contributed by atoms with Crippen molar-refractivity contribution in [3.05, 3.63) is 0 Å². The quantitative estimate of drug-likeness (QED) is 0.780. The first-order valence-electron chi connectivity index (χ1n) is 6.96. The van der Waals surface area contributed by atoms with E-state index in [1.807, 2.05) is 0 Å². The second kappa shape index (κ2) is 6.78. The summed E-state index contributed by atoms with van der Waals surface area (Å²) in [5.41, 5.74) is -0.659. The van der Waals surface area contributed by atoms with Gasteiger partial charge in [0, 0.05) is 19.5 Å². The Hall–Kier alpha value is -1.79. The van der Waals surface area contributed by atoms with Crippen molar-refractivity contribution in [3.8, 4) is 0 Å². The molecule has 1 fully saturated rings. The lowest BCUT2D eigenvalue weighted by molar-refractivity contribution is -0.143. The lowest BCUT2D eigenvalue weighted by atomic mass is 9.98. The van der Waals surface area contributed by atoms with Crippen molar-refractivity contribution in [1.82, 2.24) is 10.2 Å². The molecule has 0 bridgehead atoms. The molecule has 0 aliphatic carbocycles. The van der Waals surface area contributed by atoms with Crippen LogP contribution in [0.2, 0.25) is 0 Å². The molecule has 1 unspecified atom stereocenters. The van der Waals surface area contributed by atoms with Crippen LogP contribution in [0.5, 0.6) is 0 Å². The highest BCUT2D eigenvalue weighted by atomic mass is 16.6. The Bertz CT molecular complexity index is 416. The average molecular weight is 300 g/mol. The summed E-state index contributed by atoms with van der Waals surface area (Å²) in [4.78, 5) is 37.1. The largest absolute Gasteiger partial charge is 0.467 e. The number of hydrogen-bond donors (Lipinski definition) is 1. The Balaban J connectivity index is 2.66. The van der Waals surface area contributed by atoms with Crippen LogP contribution in [-0.2, 0) is 19.1 Å². The molecule has 7 nitrogen and oxygen atoms in total. The Morgan fingerprint density at radius 1 is 1.43 bits per heavy atom. The molecular formula is C14H24N2O5. The van der Waals surface area contributed by atoms with Gasteiger partial charge in [-0.3, -0.25) is 4.79 Å². The Kier molecular flexibility index (Phi) is 5.57. The third kappa shape index (κ3) is 5.24. The lowest BCUT2D eigenvalue weighted by Crippen LogP contribution is -2.45. The number of esters is 1. The SMILES string of the molecule is COC(=O)C(C[C@@H]1CCN(C)C1=O)NC(=O)OC(C)(C)C. The zero-order valence-corrected chi connectivity index (χ0v) is 13.3. The molecule has 0 spiro atoms. The minimum Gasteiger partial charge on any atom is -0.467 e. The zero-order chi connectivity index (χ0) is 16.2. The van der Waals surface area contributed by atoms with E-state index >= 15 is 0 Å². The van der Waals surface area contributed by atoms with Crippen molar-refractivity contribution < 1.29 is 23.9 Å². The highest BCUT2D eigenvalue weighted by molar-refractivity contribution is 5.84. The average Bonchev–Trinajstić information content (AvgIpc) is 2.66. The van der Waals surface area contributed by atoms with Gasteiger partial charge in [-0.1, -0.05) is 0 Å². The van der Waals surface area contributed by atoms with Gasteiger partial charge in [0.05, 0.1) is 7.11 Å². The van der Waals surface area contributed by atoms with Crippen LogP contribution in [0.25, 0.3) is 0 Å². The van der Waals surface area contributed by atoms with Crippen molar-refractivity contribution in [3.63, 3.8) is 0 Å². The van der Waals surface area contributed by atoms with E-state index in [2.05, 4.69) is 10.1 Å². The number of alkyl carbamates (subject to hydrolysis) is 1. The van der Waals surface area contributed by atoms with E-state index in [0.717, 1.165) is 0 Å². The fourth-order valence-corrected chi connectivity index (χ4v) is 2.20. The van der Waals surface area contributed by atoms with Crippen molar-refractivity contribution in [2.75, 3.05) is 20.7 Å². The van der Waals surface area contributed by atoms with Gasteiger partial charge in [0.1, 0.15) is 11.6 Å². The number of amides is 2. The summed E-state index contributed by atoms with van der Waals surface area (Å²) in [5.74, 6) is -0.882. The van der Waals surface area contributed by atoms with Crippen LogP contribution in [0.4, 0.5) is 4.79 Å². The smallest absolute Gasteiger partial charge is 0.408 e. The van der Waals surface area contributed by atoms with E-state index in [1.54, 1.807) is 32.7 Å². The molecule has 0 radical (unpaired) electrons. The maximum atomic E-state index is 11.9. The fraction of sp³-hybridized carbons (Fsp3) is 0.786. The molecule has 1 aliphatic rings. The van der Waals surface area contributed by atoms with Crippen LogP contribution in [0.3, 0.4) is 0 Å². The minimum atomic E-state index is -0.884. The standard InChI is InChI=1S/C14H24N2O5/c1-14(2,3)21-13(19)15-10(12(18)20-5)8-9-6-7-16(4)11(9)17/h9-10H,6-8H2,1-5H3,(H,15,19)/t9-,10?/m0/s1. The molecule has 1 heterocycles. The van der Waals surface area contributed by atoms with Gasteiger partial charge in [-0.2, -0.15) is 0 Å². The number of likely N-dealkylation sites (tertiary alicyclic amines) is 1. The second-order valence-electron chi connectivity index (χ2n) is 6.20. The summed E-state index contributed by atoms with van der Waals surface area (Å²) >= 11 is 0. The number of carbonyl (C=O) groups excluding carboxylic acids is 3. The number of nitrogens with zero attached hydrogens (tertiary/aromatic N) is 1. The van der Waals surface area contributed by atoms with Gasteiger partial charge in [0.15, 0.2) is 0 Å². The summed E-state index contributed by atoms with van der Waals surface area (Å²) in [5, 5.41) is 2.48. The predicted octanol–water partition coefficient (Wildman–Crippen LogP) is 0.921.